The van der Waals surface area contributed by atoms with Gasteiger partial charge < -0.3 is 9.88 Å². The fourth-order valence-corrected chi connectivity index (χ4v) is 2.15. The Kier molecular flexibility index (Phi) is 3.33. The van der Waals surface area contributed by atoms with E-state index >= 15 is 0 Å². The standard InChI is InChI=1S/C14H15N3O/c1-10-14(17(2)13(18)8-5-9-15)11-6-3-4-7-12(11)16-10/h3-4,6-7,16H,5,8H2,1-2H3. The Balaban J connectivity index is 2.38. The van der Waals surface area contributed by atoms with Gasteiger partial charge in [0.25, 0.3) is 0 Å². The third-order valence-electron chi connectivity index (χ3n) is 3.02. The highest BCUT2D eigenvalue weighted by atomic mass is 16.2. The monoisotopic (exact) mass is 241 g/mol. The molecule has 0 spiro atoms. The lowest BCUT2D eigenvalue weighted by Gasteiger charge is -2.17. The van der Waals surface area contributed by atoms with Gasteiger partial charge in [-0.2, -0.15) is 5.26 Å². The van der Waals surface area contributed by atoms with E-state index in [1.54, 1.807) is 11.9 Å². The Morgan fingerprint density at radius 3 is 2.89 bits per heavy atom. The maximum absolute atomic E-state index is 12.0. The number of nitrogens with zero attached hydrogens (tertiary/aromatic N) is 2. The number of benzene rings is 1. The Morgan fingerprint density at radius 2 is 2.17 bits per heavy atom. The Morgan fingerprint density at radius 1 is 1.44 bits per heavy atom. The minimum atomic E-state index is -0.0376. The molecule has 0 fully saturated rings. The second-order valence-electron chi connectivity index (χ2n) is 4.26. The number of aromatic amines is 1. The Hall–Kier alpha value is -2.28. The number of nitriles is 1. The van der Waals surface area contributed by atoms with E-state index in [4.69, 9.17) is 5.26 Å². The van der Waals surface area contributed by atoms with Crippen molar-refractivity contribution in [1.82, 2.24) is 4.98 Å². The highest BCUT2D eigenvalue weighted by molar-refractivity contribution is 6.04. The first-order valence-corrected chi connectivity index (χ1v) is 5.86. The van der Waals surface area contributed by atoms with Crippen molar-refractivity contribution in [3.63, 3.8) is 0 Å². The van der Waals surface area contributed by atoms with Crippen molar-refractivity contribution in [3.05, 3.63) is 30.0 Å². The third-order valence-corrected chi connectivity index (χ3v) is 3.02. The molecule has 0 radical (unpaired) electrons. The average molecular weight is 241 g/mol. The summed E-state index contributed by atoms with van der Waals surface area (Å²) in [5.74, 6) is -0.0376. The largest absolute Gasteiger partial charge is 0.357 e. The van der Waals surface area contributed by atoms with Crippen LogP contribution < -0.4 is 4.90 Å². The van der Waals surface area contributed by atoms with E-state index in [2.05, 4.69) is 4.98 Å². The molecule has 2 aromatic rings. The summed E-state index contributed by atoms with van der Waals surface area (Å²) in [6.45, 7) is 1.95. The molecule has 0 bridgehead atoms. The molecule has 1 heterocycles. The third kappa shape index (κ3) is 2.07. The van der Waals surface area contributed by atoms with Crippen molar-refractivity contribution in [2.24, 2.45) is 0 Å². The van der Waals surface area contributed by atoms with Gasteiger partial charge in [0, 0.05) is 36.5 Å². The number of rotatable bonds is 3. The number of hydrogen-bond acceptors (Lipinski definition) is 2. The number of para-hydroxylation sites is 1. The van der Waals surface area contributed by atoms with Crippen LogP contribution in [-0.4, -0.2) is 17.9 Å². The molecule has 4 nitrogen and oxygen atoms in total. The summed E-state index contributed by atoms with van der Waals surface area (Å²) < 4.78 is 0. The molecule has 0 saturated carbocycles. The number of nitrogens with one attached hydrogen (secondary N) is 1. The molecule has 1 aromatic carbocycles. The van der Waals surface area contributed by atoms with Gasteiger partial charge in [0.15, 0.2) is 0 Å². The molecule has 0 atom stereocenters. The summed E-state index contributed by atoms with van der Waals surface area (Å²) in [6.07, 6.45) is 0.510. The predicted molar refractivity (Wildman–Crippen MR) is 71.3 cm³/mol. The van der Waals surface area contributed by atoms with Gasteiger partial charge in [-0.3, -0.25) is 4.79 Å². The normalized spacial score (nSPS) is 10.3. The zero-order valence-corrected chi connectivity index (χ0v) is 10.5. The van der Waals surface area contributed by atoms with Crippen LogP contribution >= 0.6 is 0 Å². The van der Waals surface area contributed by atoms with Crippen LogP contribution in [0.15, 0.2) is 24.3 Å². The van der Waals surface area contributed by atoms with Gasteiger partial charge in [0.05, 0.1) is 11.8 Å². The highest BCUT2D eigenvalue weighted by Gasteiger charge is 2.17. The molecule has 2 rings (SSSR count). The smallest absolute Gasteiger partial charge is 0.227 e. The number of aryl methyl sites for hydroxylation is 1. The molecule has 0 unspecified atom stereocenters. The van der Waals surface area contributed by atoms with E-state index in [0.717, 1.165) is 22.3 Å². The molecule has 0 saturated heterocycles. The molecule has 0 aliphatic heterocycles. The van der Waals surface area contributed by atoms with Gasteiger partial charge in [-0.15, -0.1) is 0 Å². The highest BCUT2D eigenvalue weighted by Crippen LogP contribution is 2.30. The first-order valence-electron chi connectivity index (χ1n) is 5.86. The Labute approximate surface area is 106 Å². The molecule has 0 aliphatic carbocycles. The molecule has 0 aliphatic rings. The van der Waals surface area contributed by atoms with Crippen molar-refractivity contribution in [2.75, 3.05) is 11.9 Å². The number of anilines is 1. The number of carbonyl (C=O) groups is 1. The number of H-pyrrole nitrogens is 1. The van der Waals surface area contributed by atoms with Gasteiger partial charge >= 0.3 is 0 Å². The zero-order chi connectivity index (χ0) is 13.1. The number of aromatic nitrogens is 1. The summed E-state index contributed by atoms with van der Waals surface area (Å²) in [7, 11) is 1.75. The van der Waals surface area contributed by atoms with Crippen molar-refractivity contribution in [2.45, 2.75) is 19.8 Å². The second kappa shape index (κ2) is 4.92. The van der Waals surface area contributed by atoms with Crippen molar-refractivity contribution >= 4 is 22.5 Å². The quantitative estimate of drug-likeness (QED) is 0.898. The number of amides is 1. The maximum atomic E-state index is 12.0. The Bertz CT molecular complexity index is 621. The van der Waals surface area contributed by atoms with Gasteiger partial charge in [-0.05, 0) is 13.0 Å². The van der Waals surface area contributed by atoms with E-state index in [1.807, 2.05) is 37.3 Å². The van der Waals surface area contributed by atoms with Crippen molar-refractivity contribution < 1.29 is 4.79 Å². The molecule has 1 aromatic heterocycles. The van der Waals surface area contributed by atoms with Crippen LogP contribution in [-0.2, 0) is 4.79 Å². The van der Waals surface area contributed by atoms with Crippen LogP contribution in [0.1, 0.15) is 18.5 Å². The lowest BCUT2D eigenvalue weighted by atomic mass is 10.2. The summed E-state index contributed by atoms with van der Waals surface area (Å²) in [5.41, 5.74) is 2.88. The van der Waals surface area contributed by atoms with Crippen LogP contribution in [0.2, 0.25) is 0 Å². The summed E-state index contributed by atoms with van der Waals surface area (Å²) in [4.78, 5) is 16.8. The van der Waals surface area contributed by atoms with Gasteiger partial charge in [-0.25, -0.2) is 0 Å². The lowest BCUT2D eigenvalue weighted by Crippen LogP contribution is -2.26. The summed E-state index contributed by atoms with van der Waals surface area (Å²) >= 11 is 0. The van der Waals surface area contributed by atoms with E-state index in [-0.39, 0.29) is 18.7 Å². The molecule has 1 amide bonds. The molecule has 4 heteroatoms. The molecule has 1 N–H and O–H groups in total. The predicted octanol–water partition coefficient (Wildman–Crippen LogP) is 2.74. The van der Waals surface area contributed by atoms with Crippen LogP contribution in [0.25, 0.3) is 10.9 Å². The van der Waals surface area contributed by atoms with Crippen LogP contribution in [0, 0.1) is 18.3 Å². The average Bonchev–Trinajstić information content (AvgIpc) is 2.70. The number of fused-ring (bicyclic) bond motifs is 1. The molecular weight excluding hydrogens is 226 g/mol. The topological polar surface area (TPSA) is 59.9 Å². The van der Waals surface area contributed by atoms with Crippen molar-refractivity contribution in [1.29, 1.82) is 5.26 Å². The van der Waals surface area contributed by atoms with E-state index in [1.165, 1.54) is 0 Å². The first kappa shape index (κ1) is 12.2. The molecule has 92 valence electrons. The fourth-order valence-electron chi connectivity index (χ4n) is 2.15. The van der Waals surface area contributed by atoms with Crippen LogP contribution in [0.3, 0.4) is 0 Å². The lowest BCUT2D eigenvalue weighted by molar-refractivity contribution is -0.118. The first-order chi connectivity index (χ1) is 8.65. The molecule has 18 heavy (non-hydrogen) atoms. The van der Waals surface area contributed by atoms with Crippen molar-refractivity contribution in [3.8, 4) is 6.07 Å². The SMILES string of the molecule is Cc1[nH]c2ccccc2c1N(C)C(=O)CCC#N. The van der Waals surface area contributed by atoms with Crippen LogP contribution in [0.4, 0.5) is 5.69 Å². The second-order valence-corrected chi connectivity index (χ2v) is 4.26. The summed E-state index contributed by atoms with van der Waals surface area (Å²) in [6, 6.07) is 9.88. The number of carbonyl (C=O) groups excluding carboxylic acids is 1. The fraction of sp³-hybridized carbons (Fsp3) is 0.286. The van der Waals surface area contributed by atoms with Crippen LogP contribution in [0.5, 0.6) is 0 Å². The molecular formula is C14H15N3O. The number of hydrogen-bond donors (Lipinski definition) is 1. The minimum absolute atomic E-state index is 0.0376. The van der Waals surface area contributed by atoms with E-state index in [9.17, 15) is 4.79 Å². The van der Waals surface area contributed by atoms with E-state index in [0.29, 0.717) is 0 Å². The zero-order valence-electron chi connectivity index (χ0n) is 10.5. The summed E-state index contributed by atoms with van der Waals surface area (Å²) in [5, 5.41) is 9.56. The van der Waals surface area contributed by atoms with E-state index < -0.39 is 0 Å². The minimum Gasteiger partial charge on any atom is -0.357 e. The van der Waals surface area contributed by atoms with Gasteiger partial charge in [-0.1, -0.05) is 18.2 Å². The maximum Gasteiger partial charge on any atom is 0.227 e. The van der Waals surface area contributed by atoms with Gasteiger partial charge in [0.2, 0.25) is 5.91 Å². The van der Waals surface area contributed by atoms with Gasteiger partial charge in [0.1, 0.15) is 0 Å².